The monoisotopic (exact) mass is 218 g/mol. The molecule has 88 valence electrons. The first-order chi connectivity index (χ1) is 7.95. The van der Waals surface area contributed by atoms with Crippen LogP contribution in [0.1, 0.15) is 37.8 Å². The van der Waals surface area contributed by atoms with Crippen LogP contribution in [0, 0.1) is 5.92 Å². The summed E-state index contributed by atoms with van der Waals surface area (Å²) in [6, 6.07) is 6.12. The standard InChI is InChI=1S/C14H22N2/c1-2-6-13(5-1)8-11-15-12-9-14-7-3-4-10-16-14/h3-4,7,10,13,15H,1-2,5-6,8-9,11-12H2. The zero-order chi connectivity index (χ0) is 11.1. The van der Waals surface area contributed by atoms with Gasteiger partial charge in [-0.2, -0.15) is 0 Å². The number of rotatable bonds is 6. The second-order valence-corrected chi connectivity index (χ2v) is 4.76. The Morgan fingerprint density at radius 2 is 2.06 bits per heavy atom. The van der Waals surface area contributed by atoms with E-state index in [2.05, 4.69) is 22.4 Å². The van der Waals surface area contributed by atoms with Gasteiger partial charge in [-0.3, -0.25) is 4.98 Å². The Hall–Kier alpha value is -0.890. The molecule has 16 heavy (non-hydrogen) atoms. The average Bonchev–Trinajstić information content (AvgIpc) is 2.83. The van der Waals surface area contributed by atoms with Crippen LogP contribution in [0.15, 0.2) is 24.4 Å². The number of hydrogen-bond acceptors (Lipinski definition) is 2. The summed E-state index contributed by atoms with van der Waals surface area (Å²) in [5.41, 5.74) is 1.19. The van der Waals surface area contributed by atoms with E-state index in [1.165, 1.54) is 44.3 Å². The van der Waals surface area contributed by atoms with E-state index in [-0.39, 0.29) is 0 Å². The molecule has 2 nitrogen and oxygen atoms in total. The van der Waals surface area contributed by atoms with Crippen LogP contribution in [0.4, 0.5) is 0 Å². The molecular formula is C14H22N2. The predicted octanol–water partition coefficient (Wildman–Crippen LogP) is 2.79. The molecule has 1 aliphatic rings. The van der Waals surface area contributed by atoms with E-state index in [0.29, 0.717) is 0 Å². The summed E-state index contributed by atoms with van der Waals surface area (Å²) in [4.78, 5) is 4.31. The van der Waals surface area contributed by atoms with Crippen molar-refractivity contribution in [2.75, 3.05) is 13.1 Å². The van der Waals surface area contributed by atoms with Gasteiger partial charge < -0.3 is 5.32 Å². The molecule has 0 amide bonds. The maximum atomic E-state index is 4.31. The third-order valence-electron chi connectivity index (χ3n) is 3.49. The van der Waals surface area contributed by atoms with E-state index in [1.54, 1.807) is 0 Å². The highest BCUT2D eigenvalue weighted by molar-refractivity contribution is 5.03. The molecule has 0 radical (unpaired) electrons. The van der Waals surface area contributed by atoms with Crippen molar-refractivity contribution in [3.63, 3.8) is 0 Å². The molecule has 2 rings (SSSR count). The fourth-order valence-electron chi connectivity index (χ4n) is 2.49. The number of nitrogens with one attached hydrogen (secondary N) is 1. The fourth-order valence-corrected chi connectivity index (χ4v) is 2.49. The van der Waals surface area contributed by atoms with Crippen molar-refractivity contribution in [1.82, 2.24) is 10.3 Å². The minimum absolute atomic E-state index is 1.00. The van der Waals surface area contributed by atoms with E-state index in [0.717, 1.165) is 18.9 Å². The van der Waals surface area contributed by atoms with Gasteiger partial charge >= 0.3 is 0 Å². The summed E-state index contributed by atoms with van der Waals surface area (Å²) in [6.45, 7) is 2.24. The largest absolute Gasteiger partial charge is 0.316 e. The molecule has 2 heteroatoms. The first-order valence-electron chi connectivity index (χ1n) is 6.56. The van der Waals surface area contributed by atoms with Crippen molar-refractivity contribution in [3.8, 4) is 0 Å². The summed E-state index contributed by atoms with van der Waals surface area (Å²) in [6.07, 6.45) is 10.1. The lowest BCUT2D eigenvalue weighted by Crippen LogP contribution is -2.20. The van der Waals surface area contributed by atoms with Crippen molar-refractivity contribution in [2.24, 2.45) is 5.92 Å². The van der Waals surface area contributed by atoms with E-state index >= 15 is 0 Å². The molecule has 0 aromatic carbocycles. The van der Waals surface area contributed by atoms with Gasteiger partial charge in [-0.05, 0) is 31.0 Å². The van der Waals surface area contributed by atoms with Gasteiger partial charge in [0.15, 0.2) is 0 Å². The van der Waals surface area contributed by atoms with Crippen LogP contribution in [0.3, 0.4) is 0 Å². The molecule has 1 aromatic heterocycles. The van der Waals surface area contributed by atoms with Crippen LogP contribution in [-0.4, -0.2) is 18.1 Å². The molecule has 1 N–H and O–H groups in total. The van der Waals surface area contributed by atoms with Crippen molar-refractivity contribution < 1.29 is 0 Å². The van der Waals surface area contributed by atoms with Crippen LogP contribution in [0.25, 0.3) is 0 Å². The predicted molar refractivity (Wildman–Crippen MR) is 67.4 cm³/mol. The fraction of sp³-hybridized carbons (Fsp3) is 0.643. The van der Waals surface area contributed by atoms with Gasteiger partial charge in [0.05, 0.1) is 0 Å². The van der Waals surface area contributed by atoms with Crippen LogP contribution in [0.2, 0.25) is 0 Å². The second-order valence-electron chi connectivity index (χ2n) is 4.76. The summed E-state index contributed by atoms with van der Waals surface area (Å²) >= 11 is 0. The van der Waals surface area contributed by atoms with Gasteiger partial charge in [0.25, 0.3) is 0 Å². The SMILES string of the molecule is c1ccc(CCNCCC2CCCC2)nc1. The van der Waals surface area contributed by atoms with Crippen molar-refractivity contribution in [3.05, 3.63) is 30.1 Å². The van der Waals surface area contributed by atoms with Crippen LogP contribution >= 0.6 is 0 Å². The molecule has 0 unspecified atom stereocenters. The molecular weight excluding hydrogens is 196 g/mol. The van der Waals surface area contributed by atoms with Gasteiger partial charge in [0.1, 0.15) is 0 Å². The molecule has 1 heterocycles. The molecule has 1 aromatic rings. The number of pyridine rings is 1. The van der Waals surface area contributed by atoms with E-state index < -0.39 is 0 Å². The van der Waals surface area contributed by atoms with E-state index in [9.17, 15) is 0 Å². The Balaban J connectivity index is 1.52. The molecule has 0 aliphatic heterocycles. The van der Waals surface area contributed by atoms with Crippen LogP contribution in [0.5, 0.6) is 0 Å². The highest BCUT2D eigenvalue weighted by atomic mass is 14.8. The zero-order valence-electron chi connectivity index (χ0n) is 9.99. The Kier molecular flexibility index (Phi) is 4.81. The smallest absolute Gasteiger partial charge is 0.0416 e. The molecule has 0 saturated heterocycles. The maximum Gasteiger partial charge on any atom is 0.0416 e. The van der Waals surface area contributed by atoms with Gasteiger partial charge in [0.2, 0.25) is 0 Å². The molecule has 0 atom stereocenters. The third kappa shape index (κ3) is 3.93. The maximum absolute atomic E-state index is 4.31. The number of hydrogen-bond donors (Lipinski definition) is 1. The Bertz CT molecular complexity index is 278. The summed E-state index contributed by atoms with van der Waals surface area (Å²) < 4.78 is 0. The van der Waals surface area contributed by atoms with Crippen molar-refractivity contribution in [2.45, 2.75) is 38.5 Å². The number of nitrogens with zero attached hydrogens (tertiary/aromatic N) is 1. The molecule has 0 spiro atoms. The third-order valence-corrected chi connectivity index (χ3v) is 3.49. The normalized spacial score (nSPS) is 16.8. The minimum Gasteiger partial charge on any atom is -0.316 e. The highest BCUT2D eigenvalue weighted by Gasteiger charge is 2.13. The van der Waals surface area contributed by atoms with Gasteiger partial charge in [0, 0.05) is 24.9 Å². The first kappa shape index (κ1) is 11.6. The summed E-state index contributed by atoms with van der Waals surface area (Å²) in [5, 5.41) is 3.52. The molecule has 1 aliphatic carbocycles. The average molecular weight is 218 g/mol. The molecule has 1 saturated carbocycles. The Morgan fingerprint density at radius 3 is 2.81 bits per heavy atom. The van der Waals surface area contributed by atoms with Gasteiger partial charge in [-0.25, -0.2) is 0 Å². The lowest BCUT2D eigenvalue weighted by Gasteiger charge is -2.09. The lowest BCUT2D eigenvalue weighted by molar-refractivity contribution is 0.478. The second kappa shape index (κ2) is 6.64. The van der Waals surface area contributed by atoms with E-state index in [4.69, 9.17) is 0 Å². The first-order valence-corrected chi connectivity index (χ1v) is 6.56. The Labute approximate surface area is 98.5 Å². The van der Waals surface area contributed by atoms with Crippen LogP contribution in [-0.2, 0) is 6.42 Å². The van der Waals surface area contributed by atoms with Gasteiger partial charge in [-0.1, -0.05) is 31.7 Å². The molecule has 0 bridgehead atoms. The van der Waals surface area contributed by atoms with E-state index in [1.807, 2.05) is 12.3 Å². The van der Waals surface area contributed by atoms with Crippen molar-refractivity contribution >= 4 is 0 Å². The van der Waals surface area contributed by atoms with Crippen LogP contribution < -0.4 is 5.32 Å². The summed E-state index contributed by atoms with van der Waals surface area (Å²) in [7, 11) is 0. The quantitative estimate of drug-likeness (QED) is 0.743. The highest BCUT2D eigenvalue weighted by Crippen LogP contribution is 2.26. The Morgan fingerprint density at radius 1 is 1.19 bits per heavy atom. The zero-order valence-corrected chi connectivity index (χ0v) is 9.99. The minimum atomic E-state index is 1.00. The molecule has 1 fully saturated rings. The van der Waals surface area contributed by atoms with Crippen molar-refractivity contribution in [1.29, 1.82) is 0 Å². The topological polar surface area (TPSA) is 24.9 Å². The number of aromatic nitrogens is 1. The van der Waals surface area contributed by atoms with Gasteiger partial charge in [-0.15, -0.1) is 0 Å². The lowest BCUT2D eigenvalue weighted by atomic mass is 10.0. The summed E-state index contributed by atoms with van der Waals surface area (Å²) in [5.74, 6) is 1.00.